The molecule has 2 rings (SSSR count). The van der Waals surface area contributed by atoms with Crippen molar-refractivity contribution >= 4 is 0 Å². The van der Waals surface area contributed by atoms with E-state index in [1.165, 1.54) is 0 Å². The van der Waals surface area contributed by atoms with Crippen LogP contribution < -0.4 is 5.32 Å². The lowest BCUT2D eigenvalue weighted by molar-refractivity contribution is 0.141. The van der Waals surface area contributed by atoms with Gasteiger partial charge in [-0.3, -0.25) is 0 Å². The van der Waals surface area contributed by atoms with Crippen molar-refractivity contribution in [3.05, 3.63) is 71.8 Å². The van der Waals surface area contributed by atoms with Gasteiger partial charge in [0, 0.05) is 6.04 Å². The van der Waals surface area contributed by atoms with E-state index in [0.29, 0.717) is 0 Å². The molecule has 3 heteroatoms. The molecule has 0 saturated carbocycles. The third-order valence-corrected chi connectivity index (χ3v) is 3.21. The first-order valence-corrected chi connectivity index (χ1v) is 6.83. The maximum atomic E-state index is 12.4. The Kier molecular flexibility index (Phi) is 5.69. The smallest absolute Gasteiger partial charge is 0.250 e. The van der Waals surface area contributed by atoms with E-state index < -0.39 is 6.43 Å². The molecule has 0 amide bonds. The van der Waals surface area contributed by atoms with Gasteiger partial charge < -0.3 is 5.32 Å². The fourth-order valence-corrected chi connectivity index (χ4v) is 2.27. The fourth-order valence-electron chi connectivity index (χ4n) is 2.27. The predicted octanol–water partition coefficient (Wildman–Crippen LogP) is 3.70. The van der Waals surface area contributed by atoms with Crippen LogP contribution in [0.1, 0.15) is 11.1 Å². The highest BCUT2D eigenvalue weighted by molar-refractivity contribution is 5.19. The number of alkyl halides is 2. The molecule has 1 nitrogen and oxygen atoms in total. The number of hydrogen-bond acceptors (Lipinski definition) is 1. The third-order valence-electron chi connectivity index (χ3n) is 3.21. The Morgan fingerprint density at radius 3 is 1.60 bits per heavy atom. The SMILES string of the molecule is FC(F)CNC(Cc1ccccc1)Cc1ccccc1. The first kappa shape index (κ1) is 14.7. The molecule has 0 aliphatic heterocycles. The van der Waals surface area contributed by atoms with Gasteiger partial charge in [0.05, 0.1) is 6.54 Å². The predicted molar refractivity (Wildman–Crippen MR) is 78.1 cm³/mol. The zero-order valence-electron chi connectivity index (χ0n) is 11.3. The van der Waals surface area contributed by atoms with Crippen molar-refractivity contribution in [3.8, 4) is 0 Å². The molecular weight excluding hydrogens is 256 g/mol. The van der Waals surface area contributed by atoms with Gasteiger partial charge in [0.1, 0.15) is 0 Å². The van der Waals surface area contributed by atoms with Crippen LogP contribution in [0.25, 0.3) is 0 Å². The van der Waals surface area contributed by atoms with Crippen molar-refractivity contribution < 1.29 is 8.78 Å². The second kappa shape index (κ2) is 7.75. The molecule has 0 heterocycles. The number of halogens is 2. The highest BCUT2D eigenvalue weighted by Crippen LogP contribution is 2.09. The molecule has 2 aromatic carbocycles. The van der Waals surface area contributed by atoms with Crippen LogP contribution in [0, 0.1) is 0 Å². The molecule has 0 aliphatic rings. The van der Waals surface area contributed by atoms with Crippen LogP contribution >= 0.6 is 0 Å². The number of hydrogen-bond donors (Lipinski definition) is 1. The molecule has 0 spiro atoms. The summed E-state index contributed by atoms with van der Waals surface area (Å²) in [5.74, 6) is 0. The highest BCUT2D eigenvalue weighted by Gasteiger charge is 2.12. The first-order chi connectivity index (χ1) is 9.74. The second-order valence-corrected chi connectivity index (χ2v) is 4.88. The Balaban J connectivity index is 2.00. The maximum absolute atomic E-state index is 12.4. The van der Waals surface area contributed by atoms with Crippen molar-refractivity contribution in [3.63, 3.8) is 0 Å². The van der Waals surface area contributed by atoms with E-state index in [2.05, 4.69) is 5.32 Å². The number of benzene rings is 2. The minimum atomic E-state index is -2.32. The summed E-state index contributed by atoms with van der Waals surface area (Å²) in [6.45, 7) is -0.260. The molecule has 2 aromatic rings. The van der Waals surface area contributed by atoms with Gasteiger partial charge >= 0.3 is 0 Å². The summed E-state index contributed by atoms with van der Waals surface area (Å²) in [5, 5.41) is 2.97. The largest absolute Gasteiger partial charge is 0.308 e. The van der Waals surface area contributed by atoms with Crippen molar-refractivity contribution in [2.75, 3.05) is 6.54 Å². The number of rotatable bonds is 7. The van der Waals surface area contributed by atoms with Gasteiger partial charge in [-0.2, -0.15) is 0 Å². The summed E-state index contributed by atoms with van der Waals surface area (Å²) in [4.78, 5) is 0. The van der Waals surface area contributed by atoms with Crippen LogP contribution in [-0.2, 0) is 12.8 Å². The topological polar surface area (TPSA) is 12.0 Å². The van der Waals surface area contributed by atoms with E-state index in [1.807, 2.05) is 60.7 Å². The van der Waals surface area contributed by atoms with Crippen LogP contribution in [0.2, 0.25) is 0 Å². The lowest BCUT2D eigenvalue weighted by Crippen LogP contribution is -2.36. The Bertz CT molecular complexity index is 443. The Hall–Kier alpha value is -1.74. The van der Waals surface area contributed by atoms with Crippen LogP contribution in [0.3, 0.4) is 0 Å². The van der Waals surface area contributed by atoms with Crippen LogP contribution in [0.5, 0.6) is 0 Å². The van der Waals surface area contributed by atoms with Crippen LogP contribution in [0.4, 0.5) is 8.78 Å². The first-order valence-electron chi connectivity index (χ1n) is 6.83. The van der Waals surface area contributed by atoms with Gasteiger partial charge in [-0.25, -0.2) is 8.78 Å². The van der Waals surface area contributed by atoms with E-state index in [4.69, 9.17) is 0 Å². The maximum Gasteiger partial charge on any atom is 0.250 e. The lowest BCUT2D eigenvalue weighted by atomic mass is 9.99. The Labute approximate surface area is 118 Å². The van der Waals surface area contributed by atoms with Gasteiger partial charge in [-0.05, 0) is 24.0 Å². The lowest BCUT2D eigenvalue weighted by Gasteiger charge is -2.19. The van der Waals surface area contributed by atoms with E-state index in [1.54, 1.807) is 0 Å². The molecule has 0 radical (unpaired) electrons. The molecule has 106 valence electrons. The molecular formula is C17H19F2N. The summed E-state index contributed by atoms with van der Waals surface area (Å²) in [6.07, 6.45) is -0.811. The quantitative estimate of drug-likeness (QED) is 0.812. The summed E-state index contributed by atoms with van der Waals surface area (Å²) in [5.41, 5.74) is 2.32. The summed E-state index contributed by atoms with van der Waals surface area (Å²) < 4.78 is 24.8. The zero-order valence-corrected chi connectivity index (χ0v) is 11.3. The van der Waals surface area contributed by atoms with Gasteiger partial charge in [-0.1, -0.05) is 60.7 Å². The van der Waals surface area contributed by atoms with Gasteiger partial charge in [-0.15, -0.1) is 0 Å². The summed E-state index contributed by atoms with van der Waals surface area (Å²) >= 11 is 0. The van der Waals surface area contributed by atoms with Crippen LogP contribution in [-0.4, -0.2) is 19.0 Å². The monoisotopic (exact) mass is 275 g/mol. The van der Waals surface area contributed by atoms with Gasteiger partial charge in [0.25, 0.3) is 6.43 Å². The van der Waals surface area contributed by atoms with Gasteiger partial charge in [0.2, 0.25) is 0 Å². The normalized spacial score (nSPS) is 11.2. The van der Waals surface area contributed by atoms with E-state index in [-0.39, 0.29) is 12.6 Å². The van der Waals surface area contributed by atoms with Crippen molar-refractivity contribution in [1.82, 2.24) is 5.32 Å². The minimum Gasteiger partial charge on any atom is -0.308 e. The Morgan fingerprint density at radius 1 is 0.750 bits per heavy atom. The molecule has 0 bridgehead atoms. The van der Waals surface area contributed by atoms with Gasteiger partial charge in [0.15, 0.2) is 0 Å². The molecule has 0 fully saturated rings. The van der Waals surface area contributed by atoms with E-state index >= 15 is 0 Å². The molecule has 0 aromatic heterocycles. The number of nitrogens with one attached hydrogen (secondary N) is 1. The van der Waals surface area contributed by atoms with E-state index in [0.717, 1.165) is 24.0 Å². The van der Waals surface area contributed by atoms with Crippen molar-refractivity contribution in [1.29, 1.82) is 0 Å². The average molecular weight is 275 g/mol. The molecule has 0 atom stereocenters. The zero-order chi connectivity index (χ0) is 14.2. The molecule has 0 unspecified atom stereocenters. The average Bonchev–Trinajstić information content (AvgIpc) is 2.47. The second-order valence-electron chi connectivity index (χ2n) is 4.88. The summed E-state index contributed by atoms with van der Waals surface area (Å²) in [6, 6.07) is 20.0. The van der Waals surface area contributed by atoms with Crippen LogP contribution in [0.15, 0.2) is 60.7 Å². The summed E-state index contributed by atoms with van der Waals surface area (Å²) in [7, 11) is 0. The molecule has 0 aliphatic carbocycles. The van der Waals surface area contributed by atoms with Crippen molar-refractivity contribution in [2.45, 2.75) is 25.3 Å². The highest BCUT2D eigenvalue weighted by atomic mass is 19.3. The third kappa shape index (κ3) is 5.10. The minimum absolute atomic E-state index is 0.0220. The fraction of sp³-hybridized carbons (Fsp3) is 0.294. The van der Waals surface area contributed by atoms with E-state index in [9.17, 15) is 8.78 Å². The Morgan fingerprint density at radius 2 is 1.20 bits per heavy atom. The standard InChI is InChI=1S/C17H19F2N/c18-17(19)13-20-16(11-14-7-3-1-4-8-14)12-15-9-5-2-6-10-15/h1-10,16-17,20H,11-13H2. The molecule has 1 N–H and O–H groups in total. The van der Waals surface area contributed by atoms with Crippen molar-refractivity contribution in [2.24, 2.45) is 0 Å². The molecule has 0 saturated heterocycles. The molecule has 20 heavy (non-hydrogen) atoms.